The summed E-state index contributed by atoms with van der Waals surface area (Å²) in [5, 5.41) is 19.7. The highest BCUT2D eigenvalue weighted by atomic mass is 19.4. The minimum absolute atomic E-state index is 0.196. The smallest absolute Gasteiger partial charge is 0.494 e. The fourth-order valence-electron chi connectivity index (χ4n) is 3.74. The largest absolute Gasteiger partial charge is 0.497 e. The number of hydrogen-bond acceptors (Lipinski definition) is 6. The van der Waals surface area contributed by atoms with Gasteiger partial charge in [0.15, 0.2) is 0 Å². The van der Waals surface area contributed by atoms with Gasteiger partial charge >= 0.3 is 20.4 Å². The fourth-order valence-corrected chi connectivity index (χ4v) is 3.74. The van der Waals surface area contributed by atoms with E-state index in [1.807, 2.05) is 0 Å². The van der Waals surface area contributed by atoms with Gasteiger partial charge in [0.1, 0.15) is 11.4 Å². The maximum atomic E-state index is 13.2. The number of methoxy groups -OCH3 is 1. The second-order valence-electron chi connectivity index (χ2n) is 8.32. The third-order valence-corrected chi connectivity index (χ3v) is 5.74. The zero-order chi connectivity index (χ0) is 23.2. The summed E-state index contributed by atoms with van der Waals surface area (Å²) >= 11 is 0. The van der Waals surface area contributed by atoms with Crippen molar-refractivity contribution in [1.82, 2.24) is 4.98 Å². The van der Waals surface area contributed by atoms with Gasteiger partial charge in [0.05, 0.1) is 18.3 Å². The van der Waals surface area contributed by atoms with Crippen LogP contribution in [0, 0.1) is 6.92 Å². The molecule has 2 aromatic rings. The van der Waals surface area contributed by atoms with Crippen molar-refractivity contribution in [3.8, 4) is 5.75 Å². The van der Waals surface area contributed by atoms with Crippen LogP contribution in [0.15, 0.2) is 30.3 Å². The normalized spacial score (nSPS) is 20.8. The van der Waals surface area contributed by atoms with Gasteiger partial charge in [0, 0.05) is 17.6 Å². The van der Waals surface area contributed by atoms with Crippen LogP contribution in [0.2, 0.25) is 0 Å². The molecule has 11 heteroatoms. The number of alkyl halides is 3. The molecule has 166 valence electrons. The zero-order valence-corrected chi connectivity index (χ0v) is 17.9. The Hall–Kier alpha value is -2.07. The summed E-state index contributed by atoms with van der Waals surface area (Å²) in [5.41, 5.74) is -1.74. The molecule has 31 heavy (non-hydrogen) atoms. The maximum Gasteiger partial charge on any atom is 0.494 e. The predicted molar refractivity (Wildman–Crippen MR) is 111 cm³/mol. The predicted octanol–water partition coefficient (Wildman–Crippen LogP) is 1.62. The number of hydrogen-bond donors (Lipinski definition) is 2. The molecule has 0 aliphatic carbocycles. The van der Waals surface area contributed by atoms with Gasteiger partial charge in [-0.15, -0.1) is 0 Å². The van der Waals surface area contributed by atoms with Crippen molar-refractivity contribution in [2.24, 2.45) is 0 Å². The molecule has 1 saturated heterocycles. The molecule has 0 radical (unpaired) electrons. The molecule has 1 aromatic heterocycles. The zero-order valence-electron chi connectivity index (χ0n) is 17.9. The Balaban J connectivity index is 1.97. The number of aryl methyl sites for hydroxylation is 1. The number of rotatable bonds is 5. The number of pyridine rings is 1. The summed E-state index contributed by atoms with van der Waals surface area (Å²) in [6.07, 6.45) is -4.39. The molecular weight excluding hydrogens is 413 g/mol. The second kappa shape index (κ2) is 8.12. The maximum absolute atomic E-state index is 13.2. The average Bonchev–Trinajstić information content (AvgIpc) is 2.89. The topological polar surface area (TPSA) is 81.0 Å². The molecule has 0 saturated carbocycles. The van der Waals surface area contributed by atoms with E-state index < -0.39 is 37.3 Å². The monoisotopic (exact) mass is 437 g/mol. The molecule has 1 aliphatic rings. The van der Waals surface area contributed by atoms with Crippen LogP contribution in [0.25, 0.3) is 0 Å². The molecule has 2 heterocycles. The van der Waals surface area contributed by atoms with Crippen LogP contribution in [-0.2, 0) is 21.9 Å². The van der Waals surface area contributed by atoms with E-state index in [4.69, 9.17) is 14.0 Å². The van der Waals surface area contributed by atoms with Crippen molar-refractivity contribution in [3.05, 3.63) is 47.3 Å². The highest BCUT2D eigenvalue weighted by molar-refractivity contribution is 6.62. The summed E-state index contributed by atoms with van der Waals surface area (Å²) < 4.78 is 57.1. The first kappa shape index (κ1) is 23.6. The van der Waals surface area contributed by atoms with Crippen LogP contribution in [0.5, 0.6) is 5.75 Å². The molecule has 3 rings (SSSR count). The molecule has 6 nitrogen and oxygen atoms in total. The molecule has 0 spiro atoms. The molecule has 1 atom stereocenters. The van der Waals surface area contributed by atoms with E-state index in [1.165, 1.54) is 20.1 Å². The Morgan fingerprint density at radius 1 is 1.16 bits per heavy atom. The van der Waals surface area contributed by atoms with Gasteiger partial charge in [-0.05, 0) is 56.9 Å². The summed E-state index contributed by atoms with van der Waals surface area (Å²) in [4.78, 5) is 3.56. The average molecular weight is 437 g/mol. The highest BCUT2D eigenvalue weighted by Crippen LogP contribution is 2.40. The summed E-state index contributed by atoms with van der Waals surface area (Å²) in [6, 6.07) is 7.46. The minimum atomic E-state index is -4.59. The van der Waals surface area contributed by atoms with Crippen LogP contribution >= 0.6 is 0 Å². The van der Waals surface area contributed by atoms with Crippen LogP contribution < -0.4 is 15.7 Å². The molecule has 2 N–H and O–H groups in total. The van der Waals surface area contributed by atoms with Crippen LogP contribution in [0.4, 0.5) is 13.2 Å². The van der Waals surface area contributed by atoms with Crippen LogP contribution in [0.3, 0.4) is 0 Å². The van der Waals surface area contributed by atoms with Crippen molar-refractivity contribution in [2.45, 2.75) is 51.5 Å². The SMILES string of the molecule is COc1cccc(CC2(C)OB(c3cc(C)nc(C(F)(F)F)c3)OC2(C)C)c1B(O)O. The van der Waals surface area contributed by atoms with Gasteiger partial charge in [-0.25, -0.2) is 4.98 Å². The number of halogens is 3. The van der Waals surface area contributed by atoms with Gasteiger partial charge in [-0.2, -0.15) is 13.2 Å². The fraction of sp³-hybridized carbons (Fsp3) is 0.450. The van der Waals surface area contributed by atoms with Gasteiger partial charge < -0.3 is 24.1 Å². The summed E-state index contributed by atoms with van der Waals surface area (Å²) in [6.45, 7) is 6.81. The lowest BCUT2D eigenvalue weighted by Crippen LogP contribution is -2.48. The van der Waals surface area contributed by atoms with Crippen molar-refractivity contribution in [1.29, 1.82) is 0 Å². The van der Waals surface area contributed by atoms with Crippen molar-refractivity contribution >= 4 is 25.2 Å². The highest BCUT2D eigenvalue weighted by Gasteiger charge is 2.55. The number of aromatic nitrogens is 1. The number of benzene rings is 1. The first-order chi connectivity index (χ1) is 14.3. The van der Waals surface area contributed by atoms with Crippen molar-refractivity contribution in [3.63, 3.8) is 0 Å². The van der Waals surface area contributed by atoms with E-state index in [1.54, 1.807) is 39.0 Å². The number of ether oxygens (including phenoxy) is 1. The third kappa shape index (κ3) is 4.59. The second-order valence-corrected chi connectivity index (χ2v) is 8.32. The van der Waals surface area contributed by atoms with Crippen LogP contribution in [0.1, 0.15) is 37.7 Å². The number of nitrogens with zero attached hydrogens (tertiary/aromatic N) is 1. The van der Waals surface area contributed by atoms with Crippen LogP contribution in [-0.4, -0.2) is 47.6 Å². The first-order valence-electron chi connectivity index (χ1n) is 9.71. The van der Waals surface area contributed by atoms with Gasteiger partial charge in [0.25, 0.3) is 0 Å². The van der Waals surface area contributed by atoms with Gasteiger partial charge in [-0.1, -0.05) is 12.1 Å². The Morgan fingerprint density at radius 3 is 2.42 bits per heavy atom. The lowest BCUT2D eigenvalue weighted by atomic mass is 9.72. The molecule has 0 bridgehead atoms. The standard InChI is InChI=1S/C20H24B2F3NO5/c1-12-9-14(10-16(26-12)20(23,24)25)22-30-18(2,3)19(4,31-22)11-13-7-6-8-15(29-5)17(13)21(27)28/h6-10,27-28H,11H2,1-5H3. The molecular formula is C20H24B2F3NO5. The lowest BCUT2D eigenvalue weighted by molar-refractivity contribution is -0.141. The van der Waals surface area contributed by atoms with Gasteiger partial charge in [0.2, 0.25) is 0 Å². The van der Waals surface area contributed by atoms with E-state index >= 15 is 0 Å². The molecule has 1 aromatic carbocycles. The molecule has 0 amide bonds. The van der Waals surface area contributed by atoms with Gasteiger partial charge in [-0.3, -0.25) is 0 Å². The Bertz CT molecular complexity index is 970. The third-order valence-electron chi connectivity index (χ3n) is 5.74. The van der Waals surface area contributed by atoms with E-state index in [2.05, 4.69) is 4.98 Å². The quantitative estimate of drug-likeness (QED) is 0.693. The van der Waals surface area contributed by atoms with E-state index in [-0.39, 0.29) is 23.0 Å². The minimum Gasteiger partial charge on any atom is -0.497 e. The Kier molecular flexibility index (Phi) is 6.18. The van der Waals surface area contributed by atoms with Crippen molar-refractivity contribution < 1.29 is 37.3 Å². The van der Waals surface area contributed by atoms with E-state index in [0.717, 1.165) is 6.07 Å². The molecule has 1 fully saturated rings. The molecule has 1 unspecified atom stereocenters. The van der Waals surface area contributed by atoms with E-state index in [9.17, 15) is 23.2 Å². The Labute approximate surface area is 179 Å². The Morgan fingerprint density at radius 2 is 1.84 bits per heavy atom. The van der Waals surface area contributed by atoms with E-state index in [0.29, 0.717) is 11.3 Å². The van der Waals surface area contributed by atoms with Crippen molar-refractivity contribution in [2.75, 3.05) is 7.11 Å². The summed E-state index contributed by atoms with van der Waals surface area (Å²) in [5.74, 6) is 0.309. The summed E-state index contributed by atoms with van der Waals surface area (Å²) in [7, 11) is -1.39. The molecule has 1 aliphatic heterocycles. The first-order valence-corrected chi connectivity index (χ1v) is 9.71. The lowest BCUT2D eigenvalue weighted by Gasteiger charge is -2.37.